The second-order valence-electron chi connectivity index (χ2n) is 5.06. The van der Waals surface area contributed by atoms with Crippen LogP contribution in [0.5, 0.6) is 0 Å². The molecular formula is C14H17FN2O. The lowest BCUT2D eigenvalue weighted by Gasteiger charge is -2.44. The van der Waals surface area contributed by atoms with E-state index >= 15 is 0 Å². The molecule has 3 rings (SSSR count). The number of nitrogens with one attached hydrogen (secondary N) is 1. The number of rotatable bonds is 1. The molecule has 18 heavy (non-hydrogen) atoms. The van der Waals surface area contributed by atoms with Gasteiger partial charge in [0.05, 0.1) is 18.6 Å². The molecule has 2 heterocycles. The monoisotopic (exact) mass is 248 g/mol. The van der Waals surface area contributed by atoms with Gasteiger partial charge in [0.2, 0.25) is 5.91 Å². The van der Waals surface area contributed by atoms with Gasteiger partial charge >= 0.3 is 0 Å². The summed E-state index contributed by atoms with van der Waals surface area (Å²) >= 11 is 0. The van der Waals surface area contributed by atoms with Gasteiger partial charge in [-0.3, -0.25) is 10.1 Å². The third kappa shape index (κ3) is 2.01. The van der Waals surface area contributed by atoms with Crippen LogP contribution in [0.25, 0.3) is 0 Å². The maximum Gasteiger partial charge on any atom is 0.236 e. The summed E-state index contributed by atoms with van der Waals surface area (Å²) in [5.41, 5.74) is 0.944. The first-order chi connectivity index (χ1) is 8.75. The Kier molecular flexibility index (Phi) is 3.04. The highest BCUT2D eigenvalue weighted by atomic mass is 19.1. The third-order valence-electron chi connectivity index (χ3n) is 3.94. The maximum atomic E-state index is 13.3. The fraction of sp³-hybridized carbons (Fsp3) is 0.500. The van der Waals surface area contributed by atoms with Crippen molar-refractivity contribution in [2.24, 2.45) is 0 Å². The fourth-order valence-electron chi connectivity index (χ4n) is 3.09. The van der Waals surface area contributed by atoms with Crippen LogP contribution in [0.4, 0.5) is 4.39 Å². The molecule has 3 nitrogen and oxygen atoms in total. The molecule has 0 radical (unpaired) electrons. The van der Waals surface area contributed by atoms with E-state index in [0.29, 0.717) is 6.54 Å². The zero-order valence-electron chi connectivity index (χ0n) is 10.2. The number of amides is 1. The zero-order chi connectivity index (χ0) is 12.5. The van der Waals surface area contributed by atoms with Crippen molar-refractivity contribution < 1.29 is 9.18 Å². The Labute approximate surface area is 106 Å². The van der Waals surface area contributed by atoms with Crippen LogP contribution in [0, 0.1) is 5.82 Å². The quantitative estimate of drug-likeness (QED) is 0.822. The molecule has 2 aliphatic heterocycles. The Balaban J connectivity index is 1.89. The van der Waals surface area contributed by atoms with Crippen LogP contribution in [-0.4, -0.2) is 29.9 Å². The number of fused-ring (bicyclic) bond motifs is 1. The topological polar surface area (TPSA) is 32.3 Å². The largest absolute Gasteiger partial charge is 0.337 e. The van der Waals surface area contributed by atoms with E-state index in [1.165, 1.54) is 6.07 Å². The Morgan fingerprint density at radius 1 is 1.33 bits per heavy atom. The Hall–Kier alpha value is -1.42. The van der Waals surface area contributed by atoms with Crippen LogP contribution in [0.15, 0.2) is 24.3 Å². The third-order valence-corrected chi connectivity index (χ3v) is 3.94. The molecule has 0 aliphatic carbocycles. The summed E-state index contributed by atoms with van der Waals surface area (Å²) in [6, 6.07) is 6.94. The molecule has 2 fully saturated rings. The molecule has 2 unspecified atom stereocenters. The van der Waals surface area contributed by atoms with Gasteiger partial charge in [0.1, 0.15) is 5.82 Å². The van der Waals surface area contributed by atoms with Gasteiger partial charge in [-0.25, -0.2) is 4.39 Å². The number of carbonyl (C=O) groups excluding carboxylic acids is 1. The summed E-state index contributed by atoms with van der Waals surface area (Å²) in [4.78, 5) is 13.8. The zero-order valence-corrected chi connectivity index (χ0v) is 10.2. The summed E-state index contributed by atoms with van der Waals surface area (Å²) in [6.45, 7) is 1.20. The lowest BCUT2D eigenvalue weighted by atomic mass is 9.89. The van der Waals surface area contributed by atoms with Crippen molar-refractivity contribution in [2.45, 2.75) is 31.3 Å². The normalized spacial score (nSPS) is 28.1. The number of hydrogen-bond acceptors (Lipinski definition) is 2. The molecule has 4 heteroatoms. The molecule has 1 aromatic carbocycles. The first kappa shape index (κ1) is 11.7. The van der Waals surface area contributed by atoms with Gasteiger partial charge in [-0.2, -0.15) is 0 Å². The Morgan fingerprint density at radius 3 is 3.06 bits per heavy atom. The molecule has 0 bridgehead atoms. The smallest absolute Gasteiger partial charge is 0.236 e. The van der Waals surface area contributed by atoms with Gasteiger partial charge in [-0.15, -0.1) is 0 Å². The summed E-state index contributed by atoms with van der Waals surface area (Å²) in [5.74, 6) is -0.0408. The van der Waals surface area contributed by atoms with Crippen molar-refractivity contribution >= 4 is 5.91 Å². The van der Waals surface area contributed by atoms with Crippen LogP contribution in [0.1, 0.15) is 30.9 Å². The van der Waals surface area contributed by atoms with Crippen molar-refractivity contribution in [3.63, 3.8) is 0 Å². The van der Waals surface area contributed by atoms with Gasteiger partial charge in [0.15, 0.2) is 0 Å². The molecule has 2 aliphatic rings. The number of nitrogens with zero attached hydrogens (tertiary/aromatic N) is 1. The number of piperazine rings is 1. The first-order valence-corrected chi connectivity index (χ1v) is 6.54. The summed E-state index contributed by atoms with van der Waals surface area (Å²) in [7, 11) is 0. The van der Waals surface area contributed by atoms with Crippen molar-refractivity contribution in [3.8, 4) is 0 Å². The van der Waals surface area contributed by atoms with Crippen molar-refractivity contribution in [3.05, 3.63) is 35.6 Å². The number of benzene rings is 1. The second-order valence-corrected chi connectivity index (χ2v) is 5.06. The minimum Gasteiger partial charge on any atom is -0.337 e. The minimum absolute atomic E-state index is 0.0682. The van der Waals surface area contributed by atoms with E-state index in [1.807, 2.05) is 11.0 Å². The predicted octanol–water partition coefficient (Wildman–Crippen LogP) is 1.85. The van der Waals surface area contributed by atoms with Crippen LogP contribution in [0.2, 0.25) is 0 Å². The molecule has 1 amide bonds. The van der Waals surface area contributed by atoms with E-state index in [4.69, 9.17) is 0 Å². The average molecular weight is 248 g/mol. The Morgan fingerprint density at radius 2 is 2.22 bits per heavy atom. The number of carbonyl (C=O) groups is 1. The standard InChI is InChI=1S/C14H17FN2O/c15-11-5-3-4-10(8-11)14-12-6-1-2-7-17(12)13(18)9-16-14/h3-5,8,12,14,16H,1-2,6-7,9H2. The summed E-state index contributed by atoms with van der Waals surface area (Å²) < 4.78 is 13.3. The SMILES string of the molecule is O=C1CNC(c2cccc(F)c2)C2CCCCN12. The van der Waals surface area contributed by atoms with E-state index in [-0.39, 0.29) is 23.8 Å². The van der Waals surface area contributed by atoms with E-state index in [2.05, 4.69) is 5.32 Å². The van der Waals surface area contributed by atoms with Crippen molar-refractivity contribution in [1.82, 2.24) is 10.2 Å². The van der Waals surface area contributed by atoms with E-state index in [1.54, 1.807) is 12.1 Å². The lowest BCUT2D eigenvalue weighted by molar-refractivity contribution is -0.138. The molecule has 0 spiro atoms. The van der Waals surface area contributed by atoms with Crippen LogP contribution in [-0.2, 0) is 4.79 Å². The highest BCUT2D eigenvalue weighted by molar-refractivity contribution is 5.79. The van der Waals surface area contributed by atoms with E-state index < -0.39 is 0 Å². The van der Waals surface area contributed by atoms with Crippen molar-refractivity contribution in [2.75, 3.05) is 13.1 Å². The fourth-order valence-corrected chi connectivity index (χ4v) is 3.09. The van der Waals surface area contributed by atoms with Gasteiger partial charge in [-0.1, -0.05) is 12.1 Å². The maximum absolute atomic E-state index is 13.3. The predicted molar refractivity (Wildman–Crippen MR) is 66.5 cm³/mol. The van der Waals surface area contributed by atoms with Crippen LogP contribution < -0.4 is 5.32 Å². The lowest BCUT2D eigenvalue weighted by Crippen LogP contribution is -2.58. The van der Waals surface area contributed by atoms with E-state index in [0.717, 1.165) is 31.4 Å². The van der Waals surface area contributed by atoms with Gasteiger partial charge in [-0.05, 0) is 37.0 Å². The molecular weight excluding hydrogens is 231 g/mol. The number of piperidine rings is 1. The molecule has 1 N–H and O–H groups in total. The molecule has 96 valence electrons. The number of halogens is 1. The Bertz CT molecular complexity index is 463. The van der Waals surface area contributed by atoms with Gasteiger partial charge in [0, 0.05) is 6.54 Å². The number of hydrogen-bond donors (Lipinski definition) is 1. The molecule has 1 aromatic rings. The summed E-state index contributed by atoms with van der Waals surface area (Å²) in [5, 5.41) is 3.25. The van der Waals surface area contributed by atoms with E-state index in [9.17, 15) is 9.18 Å². The average Bonchev–Trinajstić information content (AvgIpc) is 2.39. The van der Waals surface area contributed by atoms with Gasteiger partial charge < -0.3 is 4.90 Å². The summed E-state index contributed by atoms with van der Waals surface area (Å²) in [6.07, 6.45) is 3.22. The highest BCUT2D eigenvalue weighted by Crippen LogP contribution is 2.31. The highest BCUT2D eigenvalue weighted by Gasteiger charge is 2.37. The van der Waals surface area contributed by atoms with Crippen molar-refractivity contribution in [1.29, 1.82) is 0 Å². The molecule has 0 aromatic heterocycles. The minimum atomic E-state index is -0.214. The van der Waals surface area contributed by atoms with Crippen LogP contribution >= 0.6 is 0 Å². The molecule has 0 saturated carbocycles. The van der Waals surface area contributed by atoms with Crippen LogP contribution in [0.3, 0.4) is 0 Å². The van der Waals surface area contributed by atoms with Gasteiger partial charge in [0.25, 0.3) is 0 Å². The first-order valence-electron chi connectivity index (χ1n) is 6.54. The molecule has 2 atom stereocenters. The second kappa shape index (κ2) is 4.69. The molecule has 2 saturated heterocycles.